The Balaban J connectivity index is 1.95. The average molecular weight is 539 g/mol. The maximum Gasteiger partial charge on any atom is 0.338 e. The Hall–Kier alpha value is -3.16. The predicted octanol–water partition coefficient (Wildman–Crippen LogP) is 5.28. The number of ether oxygens (including phenoxy) is 2. The zero-order valence-corrected chi connectivity index (χ0v) is 23.7. The van der Waals surface area contributed by atoms with Crippen molar-refractivity contribution >= 4 is 35.0 Å². The van der Waals surface area contributed by atoms with E-state index >= 15 is 0 Å². The molecule has 0 unspecified atom stereocenters. The smallest absolute Gasteiger partial charge is 0.338 e. The first-order valence-corrected chi connectivity index (χ1v) is 13.4. The summed E-state index contributed by atoms with van der Waals surface area (Å²) < 4.78 is 13.3. The molecule has 0 saturated carbocycles. The number of benzene rings is 2. The molecule has 1 aliphatic heterocycles. The molecular formula is C29H31ClN2O4S. The molecule has 8 heteroatoms. The number of esters is 1. The molecule has 2 aromatic carbocycles. The summed E-state index contributed by atoms with van der Waals surface area (Å²) in [6.45, 7) is 11.6. The Kier molecular flexibility index (Phi) is 7.76. The van der Waals surface area contributed by atoms with Crippen molar-refractivity contribution in [2.45, 2.75) is 59.6 Å². The van der Waals surface area contributed by atoms with E-state index in [-0.39, 0.29) is 17.6 Å². The highest BCUT2D eigenvalue weighted by molar-refractivity contribution is 7.07. The standard InChI is InChI=1S/C29H31ClN2O4S/c1-15(2)22-13-20(17(5)12-23(22)35-7)14-24-27(33)32-26(19-8-10-21(30)11-9-19)25(28(34)36-16(3)4)18(6)31-29(32)37-24/h8-16,26H,1-7H3/b24-14+/t26-/m1/s1. The summed E-state index contributed by atoms with van der Waals surface area (Å²) in [6, 6.07) is 10.6. The number of hydrogen-bond acceptors (Lipinski definition) is 6. The maximum atomic E-state index is 13.9. The largest absolute Gasteiger partial charge is 0.496 e. The van der Waals surface area contributed by atoms with Gasteiger partial charge in [0.1, 0.15) is 5.75 Å². The highest BCUT2D eigenvalue weighted by Crippen LogP contribution is 2.32. The number of nitrogens with zero attached hydrogens (tertiary/aromatic N) is 2. The van der Waals surface area contributed by atoms with E-state index in [1.807, 2.05) is 31.2 Å². The lowest BCUT2D eigenvalue weighted by atomic mass is 9.95. The van der Waals surface area contributed by atoms with E-state index in [0.29, 0.717) is 25.6 Å². The van der Waals surface area contributed by atoms with Crippen molar-refractivity contribution in [3.63, 3.8) is 0 Å². The van der Waals surface area contributed by atoms with E-state index in [4.69, 9.17) is 21.1 Å². The van der Waals surface area contributed by atoms with Crippen LogP contribution in [0.4, 0.5) is 0 Å². The normalized spacial score (nSPS) is 15.7. The zero-order valence-electron chi connectivity index (χ0n) is 22.1. The van der Waals surface area contributed by atoms with Crippen LogP contribution in [-0.4, -0.2) is 23.8 Å². The number of carbonyl (C=O) groups is 1. The fourth-order valence-corrected chi connectivity index (χ4v) is 5.62. The van der Waals surface area contributed by atoms with Gasteiger partial charge in [-0.15, -0.1) is 0 Å². The van der Waals surface area contributed by atoms with Gasteiger partial charge in [-0.2, -0.15) is 0 Å². The summed E-state index contributed by atoms with van der Waals surface area (Å²) in [5, 5.41) is 0.569. The summed E-state index contributed by atoms with van der Waals surface area (Å²) in [5.41, 5.74) is 4.42. The maximum absolute atomic E-state index is 13.9. The molecular weight excluding hydrogens is 508 g/mol. The molecule has 0 aliphatic carbocycles. The van der Waals surface area contributed by atoms with Crippen molar-refractivity contribution < 1.29 is 14.3 Å². The minimum absolute atomic E-state index is 0.215. The SMILES string of the molecule is COc1cc(C)c(/C=c2/sc3n(c2=O)[C@H](c2ccc(Cl)cc2)C(C(=O)OC(C)C)=C(C)N=3)cc1C(C)C. The molecule has 0 N–H and O–H groups in total. The molecule has 2 heterocycles. The molecule has 1 aliphatic rings. The van der Waals surface area contributed by atoms with Crippen molar-refractivity contribution in [2.75, 3.05) is 7.11 Å². The topological polar surface area (TPSA) is 69.9 Å². The number of methoxy groups -OCH3 is 1. The molecule has 194 valence electrons. The van der Waals surface area contributed by atoms with Gasteiger partial charge in [-0.25, -0.2) is 9.79 Å². The number of aryl methyl sites for hydroxylation is 1. The lowest BCUT2D eigenvalue weighted by molar-refractivity contribution is -0.143. The van der Waals surface area contributed by atoms with Crippen LogP contribution in [0.3, 0.4) is 0 Å². The number of carbonyl (C=O) groups excluding carboxylic acids is 1. The summed E-state index contributed by atoms with van der Waals surface area (Å²) in [7, 11) is 1.67. The Labute approximate surface area is 225 Å². The number of rotatable bonds is 6. The third-order valence-corrected chi connectivity index (χ3v) is 7.53. The van der Waals surface area contributed by atoms with E-state index < -0.39 is 12.0 Å². The van der Waals surface area contributed by atoms with E-state index in [0.717, 1.165) is 28.0 Å². The predicted molar refractivity (Wildman–Crippen MR) is 148 cm³/mol. The zero-order chi connectivity index (χ0) is 27.0. The van der Waals surface area contributed by atoms with Crippen LogP contribution >= 0.6 is 22.9 Å². The summed E-state index contributed by atoms with van der Waals surface area (Å²) in [5.74, 6) is 0.599. The van der Waals surface area contributed by atoms with Gasteiger partial charge in [0, 0.05) is 5.02 Å². The Morgan fingerprint density at radius 3 is 2.41 bits per heavy atom. The minimum atomic E-state index is -0.676. The molecule has 6 nitrogen and oxygen atoms in total. The molecule has 37 heavy (non-hydrogen) atoms. The van der Waals surface area contributed by atoms with Crippen LogP contribution in [0.2, 0.25) is 5.02 Å². The Morgan fingerprint density at radius 1 is 1.14 bits per heavy atom. The first-order valence-electron chi connectivity index (χ1n) is 12.2. The third kappa shape index (κ3) is 5.29. The van der Waals surface area contributed by atoms with Gasteiger partial charge < -0.3 is 9.47 Å². The van der Waals surface area contributed by atoms with E-state index in [1.165, 1.54) is 11.3 Å². The molecule has 4 rings (SSSR count). The van der Waals surface area contributed by atoms with Gasteiger partial charge >= 0.3 is 5.97 Å². The van der Waals surface area contributed by atoms with Gasteiger partial charge in [-0.05, 0) is 86.2 Å². The Morgan fingerprint density at radius 2 is 1.81 bits per heavy atom. The Bertz CT molecular complexity index is 1560. The molecule has 1 atom stereocenters. The fraction of sp³-hybridized carbons (Fsp3) is 0.345. The van der Waals surface area contributed by atoms with Crippen molar-refractivity contribution in [3.05, 3.63) is 94.6 Å². The lowest BCUT2D eigenvalue weighted by Crippen LogP contribution is -2.40. The van der Waals surface area contributed by atoms with E-state index in [1.54, 1.807) is 44.6 Å². The van der Waals surface area contributed by atoms with Gasteiger partial charge in [-0.1, -0.05) is 48.9 Å². The van der Waals surface area contributed by atoms with Crippen LogP contribution in [0.1, 0.15) is 68.8 Å². The molecule has 0 radical (unpaired) electrons. The fourth-order valence-electron chi connectivity index (χ4n) is 4.46. The van der Waals surface area contributed by atoms with Crippen LogP contribution in [0, 0.1) is 6.92 Å². The van der Waals surface area contributed by atoms with Crippen LogP contribution in [0.25, 0.3) is 6.08 Å². The van der Waals surface area contributed by atoms with Gasteiger partial charge in [0.2, 0.25) is 0 Å². The highest BCUT2D eigenvalue weighted by atomic mass is 35.5. The molecule has 0 spiro atoms. The van der Waals surface area contributed by atoms with Crippen molar-refractivity contribution in [1.82, 2.24) is 4.57 Å². The molecule has 1 aromatic heterocycles. The van der Waals surface area contributed by atoms with Crippen LogP contribution in [0.15, 0.2) is 57.5 Å². The van der Waals surface area contributed by atoms with Crippen LogP contribution in [-0.2, 0) is 9.53 Å². The summed E-state index contributed by atoms with van der Waals surface area (Å²) in [6.07, 6.45) is 1.59. The number of hydrogen-bond donors (Lipinski definition) is 0. The number of halogens is 1. The van der Waals surface area contributed by atoms with Gasteiger partial charge in [0.05, 0.1) is 35.1 Å². The van der Waals surface area contributed by atoms with Crippen LogP contribution in [0.5, 0.6) is 5.75 Å². The molecule has 0 fully saturated rings. The van der Waals surface area contributed by atoms with Crippen molar-refractivity contribution in [2.24, 2.45) is 4.99 Å². The van der Waals surface area contributed by atoms with Gasteiger partial charge in [0.15, 0.2) is 4.80 Å². The second-order valence-corrected chi connectivity index (χ2v) is 11.1. The van der Waals surface area contributed by atoms with Gasteiger partial charge in [-0.3, -0.25) is 9.36 Å². The van der Waals surface area contributed by atoms with Crippen molar-refractivity contribution in [3.8, 4) is 5.75 Å². The average Bonchev–Trinajstić information content (AvgIpc) is 3.13. The number of fused-ring (bicyclic) bond motifs is 1. The van der Waals surface area contributed by atoms with E-state index in [9.17, 15) is 9.59 Å². The molecule has 3 aromatic rings. The number of thiazole rings is 1. The number of aromatic nitrogens is 1. The first kappa shape index (κ1) is 26.9. The summed E-state index contributed by atoms with van der Waals surface area (Å²) >= 11 is 7.45. The third-order valence-electron chi connectivity index (χ3n) is 6.30. The number of allylic oxidation sites excluding steroid dienone is 1. The van der Waals surface area contributed by atoms with Gasteiger partial charge in [0.25, 0.3) is 5.56 Å². The van der Waals surface area contributed by atoms with Crippen molar-refractivity contribution in [1.29, 1.82) is 0 Å². The highest BCUT2D eigenvalue weighted by Gasteiger charge is 2.33. The van der Waals surface area contributed by atoms with E-state index in [2.05, 4.69) is 24.9 Å². The lowest BCUT2D eigenvalue weighted by Gasteiger charge is -2.25. The molecule has 0 saturated heterocycles. The monoisotopic (exact) mass is 538 g/mol. The quantitative estimate of drug-likeness (QED) is 0.400. The summed E-state index contributed by atoms with van der Waals surface area (Å²) in [4.78, 5) is 32.3. The molecule has 0 amide bonds. The second kappa shape index (κ2) is 10.7. The second-order valence-electron chi connectivity index (χ2n) is 9.69. The van der Waals surface area contributed by atoms with Crippen LogP contribution < -0.4 is 19.6 Å². The molecule has 0 bridgehead atoms. The minimum Gasteiger partial charge on any atom is -0.496 e. The first-order chi connectivity index (χ1) is 17.5.